The molecule has 1 aliphatic heterocycles. The van der Waals surface area contributed by atoms with Crippen LogP contribution in [0.2, 0.25) is 0 Å². The lowest BCUT2D eigenvalue weighted by molar-refractivity contribution is -0.121. The zero-order valence-electron chi connectivity index (χ0n) is 15.9. The Morgan fingerprint density at radius 2 is 1.96 bits per heavy atom. The molecule has 0 aliphatic carbocycles. The first kappa shape index (κ1) is 20.3. The van der Waals surface area contributed by atoms with Crippen molar-refractivity contribution < 1.29 is 9.59 Å². The Morgan fingerprint density at radius 1 is 1.19 bits per heavy atom. The second-order valence-electron chi connectivity index (χ2n) is 6.30. The number of allylic oxidation sites excluding steroid dienone is 2. The highest BCUT2D eigenvalue weighted by molar-refractivity contribution is 5.96. The Hall–Kier alpha value is -3.06. The quantitative estimate of drug-likeness (QED) is 0.716. The van der Waals surface area contributed by atoms with Gasteiger partial charge in [0.15, 0.2) is 0 Å². The zero-order chi connectivity index (χ0) is 19.6. The maximum Gasteiger partial charge on any atom is 0.229 e. The molecule has 1 aliphatic rings. The summed E-state index contributed by atoms with van der Waals surface area (Å²) >= 11 is 0. The largest absolute Gasteiger partial charge is 0.356 e. The van der Waals surface area contributed by atoms with Crippen molar-refractivity contribution >= 4 is 17.5 Å². The summed E-state index contributed by atoms with van der Waals surface area (Å²) in [6.45, 7) is 10.4. The first-order chi connectivity index (χ1) is 13.1. The molecule has 140 valence electrons. The van der Waals surface area contributed by atoms with Crippen molar-refractivity contribution in [1.82, 2.24) is 5.32 Å². The van der Waals surface area contributed by atoms with Crippen LogP contribution in [0.25, 0.3) is 0 Å². The lowest BCUT2D eigenvalue weighted by atomic mass is 10.0. The SMILES string of the molecule is C=C/C1=C(\C=C)CN(C(=O)CCNC(=O)CCCC)c2ccccc2C#C1. The van der Waals surface area contributed by atoms with Gasteiger partial charge < -0.3 is 10.2 Å². The topological polar surface area (TPSA) is 49.4 Å². The molecule has 27 heavy (non-hydrogen) atoms. The fourth-order valence-corrected chi connectivity index (χ4v) is 2.82. The summed E-state index contributed by atoms with van der Waals surface area (Å²) < 4.78 is 0. The summed E-state index contributed by atoms with van der Waals surface area (Å²) in [6.07, 6.45) is 5.96. The average Bonchev–Trinajstić information content (AvgIpc) is 2.67. The van der Waals surface area contributed by atoms with Gasteiger partial charge in [-0.15, -0.1) is 0 Å². The molecule has 0 fully saturated rings. The van der Waals surface area contributed by atoms with E-state index >= 15 is 0 Å². The highest BCUT2D eigenvalue weighted by atomic mass is 16.2. The third-order valence-electron chi connectivity index (χ3n) is 4.37. The summed E-state index contributed by atoms with van der Waals surface area (Å²) in [5, 5.41) is 2.82. The Balaban J connectivity index is 2.19. The molecule has 0 saturated carbocycles. The molecule has 1 aromatic rings. The van der Waals surface area contributed by atoms with Crippen molar-refractivity contribution in [2.45, 2.75) is 32.6 Å². The molecular weight excluding hydrogens is 336 g/mol. The molecule has 1 N–H and O–H groups in total. The van der Waals surface area contributed by atoms with E-state index in [0.29, 0.717) is 19.5 Å². The van der Waals surface area contributed by atoms with Crippen LogP contribution in [0.5, 0.6) is 0 Å². The molecule has 0 bridgehead atoms. The van der Waals surface area contributed by atoms with Crippen molar-refractivity contribution in [1.29, 1.82) is 0 Å². The standard InChI is InChI=1S/C23H26N2O2/c1-4-7-12-22(26)24-16-15-23(27)25-17-19(6-3)18(5-2)13-14-20-10-8-9-11-21(20)25/h5-6,8-11H,2-4,7,12,15-17H2,1H3,(H,24,26)/b19-18-. The highest BCUT2D eigenvalue weighted by Crippen LogP contribution is 2.24. The summed E-state index contributed by atoms with van der Waals surface area (Å²) in [5.74, 6) is 6.16. The Labute approximate surface area is 161 Å². The third-order valence-corrected chi connectivity index (χ3v) is 4.37. The average molecular weight is 362 g/mol. The number of anilines is 1. The first-order valence-corrected chi connectivity index (χ1v) is 9.26. The van der Waals surface area contributed by atoms with Crippen molar-refractivity contribution in [3.8, 4) is 11.8 Å². The van der Waals surface area contributed by atoms with Gasteiger partial charge >= 0.3 is 0 Å². The molecule has 1 heterocycles. The number of nitrogens with zero attached hydrogens (tertiary/aromatic N) is 1. The predicted octanol–water partition coefficient (Wildman–Crippen LogP) is 3.75. The number of carbonyl (C=O) groups is 2. The van der Waals surface area contributed by atoms with Gasteiger partial charge in [-0.25, -0.2) is 0 Å². The number of unbranched alkanes of at least 4 members (excludes halogenated alkanes) is 1. The number of carbonyl (C=O) groups excluding carboxylic acids is 2. The van der Waals surface area contributed by atoms with Crippen LogP contribution in [0.15, 0.2) is 60.7 Å². The van der Waals surface area contributed by atoms with E-state index < -0.39 is 0 Å². The highest BCUT2D eigenvalue weighted by Gasteiger charge is 2.21. The maximum absolute atomic E-state index is 12.9. The van der Waals surface area contributed by atoms with Gasteiger partial charge in [-0.1, -0.05) is 62.6 Å². The van der Waals surface area contributed by atoms with E-state index in [0.717, 1.165) is 35.2 Å². The van der Waals surface area contributed by atoms with Crippen LogP contribution in [0.1, 0.15) is 38.2 Å². The maximum atomic E-state index is 12.9. The molecule has 0 atom stereocenters. The van der Waals surface area contributed by atoms with Crippen LogP contribution in [0.3, 0.4) is 0 Å². The lowest BCUT2D eigenvalue weighted by Gasteiger charge is -2.26. The molecule has 2 rings (SSSR count). The molecule has 1 aromatic carbocycles. The fraction of sp³-hybridized carbons (Fsp3) is 0.304. The van der Waals surface area contributed by atoms with Crippen molar-refractivity contribution in [3.05, 3.63) is 66.3 Å². The van der Waals surface area contributed by atoms with Gasteiger partial charge in [-0.2, -0.15) is 0 Å². The number of rotatable bonds is 8. The minimum absolute atomic E-state index is 0.01000. The molecule has 0 aromatic heterocycles. The molecular formula is C23H26N2O2. The van der Waals surface area contributed by atoms with E-state index in [9.17, 15) is 9.59 Å². The predicted molar refractivity (Wildman–Crippen MR) is 110 cm³/mol. The van der Waals surface area contributed by atoms with Gasteiger partial charge in [0.25, 0.3) is 0 Å². The van der Waals surface area contributed by atoms with Crippen LogP contribution >= 0.6 is 0 Å². The van der Waals surface area contributed by atoms with Gasteiger partial charge in [-0.3, -0.25) is 9.59 Å². The molecule has 0 unspecified atom stereocenters. The molecule has 0 radical (unpaired) electrons. The van der Waals surface area contributed by atoms with Crippen LogP contribution in [-0.4, -0.2) is 24.9 Å². The zero-order valence-corrected chi connectivity index (χ0v) is 15.9. The van der Waals surface area contributed by atoms with Crippen molar-refractivity contribution in [3.63, 3.8) is 0 Å². The van der Waals surface area contributed by atoms with Crippen LogP contribution in [0.4, 0.5) is 5.69 Å². The van der Waals surface area contributed by atoms with Gasteiger partial charge in [0.2, 0.25) is 11.8 Å². The van der Waals surface area contributed by atoms with E-state index in [2.05, 4.69) is 30.3 Å². The second-order valence-corrected chi connectivity index (χ2v) is 6.30. The number of hydrogen-bond acceptors (Lipinski definition) is 2. The van der Waals surface area contributed by atoms with E-state index in [1.54, 1.807) is 17.1 Å². The van der Waals surface area contributed by atoms with Crippen LogP contribution < -0.4 is 10.2 Å². The lowest BCUT2D eigenvalue weighted by Crippen LogP contribution is -2.36. The summed E-state index contributed by atoms with van der Waals surface area (Å²) in [5.41, 5.74) is 3.19. The van der Waals surface area contributed by atoms with Gasteiger partial charge in [0, 0.05) is 30.5 Å². The van der Waals surface area contributed by atoms with Gasteiger partial charge in [0.1, 0.15) is 0 Å². The number of hydrogen-bond donors (Lipinski definition) is 1. The molecule has 0 saturated heterocycles. The summed E-state index contributed by atoms with van der Waals surface area (Å²) in [7, 11) is 0. The van der Waals surface area contributed by atoms with Crippen molar-refractivity contribution in [2.24, 2.45) is 0 Å². The van der Waals surface area contributed by atoms with Crippen LogP contribution in [-0.2, 0) is 9.59 Å². The normalized spacial score (nSPS) is 15.5. The molecule has 0 spiro atoms. The first-order valence-electron chi connectivity index (χ1n) is 9.26. The second kappa shape index (κ2) is 10.2. The smallest absolute Gasteiger partial charge is 0.229 e. The summed E-state index contributed by atoms with van der Waals surface area (Å²) in [6, 6.07) is 7.58. The third kappa shape index (κ3) is 5.46. The fourth-order valence-electron chi connectivity index (χ4n) is 2.82. The number of nitrogens with one attached hydrogen (secondary N) is 1. The van der Waals surface area contributed by atoms with Crippen molar-refractivity contribution in [2.75, 3.05) is 18.0 Å². The minimum atomic E-state index is -0.0651. The Kier molecular flexibility index (Phi) is 7.63. The number of fused-ring (bicyclic) bond motifs is 1. The molecule has 2 amide bonds. The number of amides is 2. The summed E-state index contributed by atoms with van der Waals surface area (Å²) in [4.78, 5) is 26.4. The van der Waals surface area contributed by atoms with Crippen LogP contribution in [0, 0.1) is 11.8 Å². The molecule has 4 heteroatoms. The van der Waals surface area contributed by atoms with Gasteiger partial charge in [-0.05, 0) is 24.1 Å². The van der Waals surface area contributed by atoms with Gasteiger partial charge in [0.05, 0.1) is 12.2 Å². The Bertz CT molecular complexity index is 824. The van der Waals surface area contributed by atoms with E-state index in [1.165, 1.54) is 0 Å². The Morgan fingerprint density at radius 3 is 2.67 bits per heavy atom. The molecule has 4 nitrogen and oxygen atoms in total. The number of benzene rings is 1. The minimum Gasteiger partial charge on any atom is -0.356 e. The van der Waals surface area contributed by atoms with E-state index in [-0.39, 0.29) is 18.2 Å². The monoisotopic (exact) mass is 362 g/mol. The van der Waals surface area contributed by atoms with E-state index in [1.807, 2.05) is 31.2 Å². The van der Waals surface area contributed by atoms with E-state index in [4.69, 9.17) is 0 Å². The number of para-hydroxylation sites is 1.